The van der Waals surface area contributed by atoms with Crippen molar-refractivity contribution in [2.24, 2.45) is 0 Å². The zero-order valence-electron chi connectivity index (χ0n) is 21.1. The SMILES string of the molecule is O=C(C=Cc1cn(-c2ccccc2)nc1-c1ccccc1)Nc1c(C(=O)c2ccc(F)cc2)oc2ccccc12. The highest BCUT2D eigenvalue weighted by atomic mass is 19.1. The van der Waals surface area contributed by atoms with Crippen LogP contribution >= 0.6 is 0 Å². The molecule has 0 fully saturated rings. The van der Waals surface area contributed by atoms with Crippen molar-refractivity contribution in [2.45, 2.75) is 0 Å². The van der Waals surface area contributed by atoms with Gasteiger partial charge in [0.05, 0.1) is 17.1 Å². The van der Waals surface area contributed by atoms with Gasteiger partial charge in [0, 0.05) is 34.3 Å². The van der Waals surface area contributed by atoms with Crippen LogP contribution in [-0.2, 0) is 4.79 Å². The number of hydrogen-bond donors (Lipinski definition) is 1. The van der Waals surface area contributed by atoms with E-state index in [1.807, 2.05) is 66.9 Å². The number of aromatic nitrogens is 2. The number of carbonyl (C=O) groups excluding carboxylic acids is 2. The van der Waals surface area contributed by atoms with E-state index in [2.05, 4.69) is 5.32 Å². The van der Waals surface area contributed by atoms with E-state index >= 15 is 0 Å². The normalized spacial score (nSPS) is 11.2. The summed E-state index contributed by atoms with van der Waals surface area (Å²) in [6, 6.07) is 31.6. The predicted octanol–water partition coefficient (Wildman–Crippen LogP) is 7.31. The van der Waals surface area contributed by atoms with Crippen LogP contribution in [0.15, 0.2) is 126 Å². The summed E-state index contributed by atoms with van der Waals surface area (Å²) in [5.74, 6) is -1.40. The molecule has 194 valence electrons. The number of carbonyl (C=O) groups is 2. The summed E-state index contributed by atoms with van der Waals surface area (Å²) in [6.07, 6.45) is 4.94. The first kappa shape index (κ1) is 24.8. The van der Waals surface area contributed by atoms with Gasteiger partial charge in [-0.25, -0.2) is 9.07 Å². The Balaban J connectivity index is 1.33. The van der Waals surface area contributed by atoms with E-state index in [0.29, 0.717) is 11.0 Å². The topological polar surface area (TPSA) is 77.1 Å². The summed E-state index contributed by atoms with van der Waals surface area (Å²) < 4.78 is 21.0. The molecule has 0 saturated carbocycles. The number of anilines is 1. The van der Waals surface area contributed by atoms with Gasteiger partial charge in [-0.1, -0.05) is 60.7 Å². The second-order valence-corrected chi connectivity index (χ2v) is 9.04. The second kappa shape index (κ2) is 10.7. The molecule has 2 aromatic heterocycles. The van der Waals surface area contributed by atoms with E-state index in [-0.39, 0.29) is 17.0 Å². The minimum Gasteiger partial charge on any atom is -0.450 e. The summed E-state index contributed by atoms with van der Waals surface area (Å²) in [6.45, 7) is 0. The van der Waals surface area contributed by atoms with Gasteiger partial charge in [0.15, 0.2) is 5.76 Å². The number of furan rings is 1. The van der Waals surface area contributed by atoms with Crippen molar-refractivity contribution in [3.8, 4) is 16.9 Å². The Morgan fingerprint density at radius 2 is 1.50 bits per heavy atom. The molecule has 1 N–H and O–H groups in total. The standard InChI is InChI=1S/C33H22FN3O3/c34-25-18-15-23(16-19-25)32(39)33-31(27-13-7-8-14-28(27)40-33)35-29(38)20-17-24-21-37(26-11-5-2-6-12-26)36-30(24)22-9-3-1-4-10-22/h1-21H,(H,35,38). The molecule has 0 bridgehead atoms. The molecule has 40 heavy (non-hydrogen) atoms. The molecule has 0 aliphatic carbocycles. The van der Waals surface area contributed by atoms with E-state index in [4.69, 9.17) is 9.52 Å². The molecule has 0 spiro atoms. The van der Waals surface area contributed by atoms with E-state index < -0.39 is 17.5 Å². The number of benzene rings is 4. The van der Waals surface area contributed by atoms with Gasteiger partial charge < -0.3 is 9.73 Å². The van der Waals surface area contributed by atoms with E-state index in [1.165, 1.54) is 30.3 Å². The molecule has 2 heterocycles. The van der Waals surface area contributed by atoms with Crippen LogP contribution in [0.4, 0.5) is 10.1 Å². The van der Waals surface area contributed by atoms with Gasteiger partial charge in [0.1, 0.15) is 11.4 Å². The number of hydrogen-bond acceptors (Lipinski definition) is 4. The smallest absolute Gasteiger partial charge is 0.248 e. The quantitative estimate of drug-likeness (QED) is 0.174. The molecule has 0 unspecified atom stereocenters. The van der Waals surface area contributed by atoms with E-state index in [0.717, 1.165) is 22.5 Å². The van der Waals surface area contributed by atoms with Crippen molar-refractivity contribution < 1.29 is 18.4 Å². The average molecular weight is 528 g/mol. The van der Waals surface area contributed by atoms with Crippen LogP contribution in [0, 0.1) is 5.82 Å². The molecule has 0 aliphatic heterocycles. The average Bonchev–Trinajstić information content (AvgIpc) is 3.59. The number of fused-ring (bicyclic) bond motifs is 1. The van der Waals surface area contributed by atoms with Gasteiger partial charge in [0.25, 0.3) is 0 Å². The predicted molar refractivity (Wildman–Crippen MR) is 153 cm³/mol. The molecule has 0 atom stereocenters. The summed E-state index contributed by atoms with van der Waals surface area (Å²) in [5.41, 5.74) is 4.19. The van der Waals surface area contributed by atoms with Crippen molar-refractivity contribution in [2.75, 3.05) is 5.32 Å². The fourth-order valence-corrected chi connectivity index (χ4v) is 4.43. The Labute approximate surface area is 229 Å². The number of halogens is 1. The first-order valence-corrected chi connectivity index (χ1v) is 12.6. The van der Waals surface area contributed by atoms with Crippen LogP contribution in [0.2, 0.25) is 0 Å². The number of ketones is 1. The lowest BCUT2D eigenvalue weighted by Crippen LogP contribution is -2.11. The first-order valence-electron chi connectivity index (χ1n) is 12.6. The lowest BCUT2D eigenvalue weighted by Gasteiger charge is -2.04. The second-order valence-electron chi connectivity index (χ2n) is 9.04. The molecule has 6 aromatic rings. The molecule has 6 rings (SSSR count). The Hall–Kier alpha value is -5.56. The van der Waals surface area contributed by atoms with Crippen LogP contribution in [0.5, 0.6) is 0 Å². The molecule has 7 heteroatoms. The summed E-state index contributed by atoms with van der Waals surface area (Å²) in [4.78, 5) is 26.4. The highest BCUT2D eigenvalue weighted by molar-refractivity contribution is 6.18. The Morgan fingerprint density at radius 3 is 2.25 bits per heavy atom. The van der Waals surface area contributed by atoms with Crippen molar-refractivity contribution in [1.29, 1.82) is 0 Å². The molecule has 0 saturated heterocycles. The van der Waals surface area contributed by atoms with Gasteiger partial charge in [-0.05, 0) is 54.6 Å². The third-order valence-electron chi connectivity index (χ3n) is 6.38. The number of rotatable bonds is 7. The van der Waals surface area contributed by atoms with Crippen LogP contribution in [0.1, 0.15) is 21.7 Å². The molecule has 0 radical (unpaired) electrons. The van der Waals surface area contributed by atoms with Crippen LogP contribution < -0.4 is 5.32 Å². The molecule has 4 aromatic carbocycles. The van der Waals surface area contributed by atoms with Crippen molar-refractivity contribution >= 4 is 34.4 Å². The molecule has 1 amide bonds. The molecule has 6 nitrogen and oxygen atoms in total. The zero-order chi connectivity index (χ0) is 27.5. The monoisotopic (exact) mass is 527 g/mol. The summed E-state index contributed by atoms with van der Waals surface area (Å²) >= 11 is 0. The van der Waals surface area contributed by atoms with Crippen molar-refractivity contribution in [1.82, 2.24) is 9.78 Å². The summed E-state index contributed by atoms with van der Waals surface area (Å²) in [7, 11) is 0. The maximum Gasteiger partial charge on any atom is 0.248 e. The lowest BCUT2D eigenvalue weighted by atomic mass is 10.1. The minimum absolute atomic E-state index is 0.0311. The number of amides is 1. The summed E-state index contributed by atoms with van der Waals surface area (Å²) in [5, 5.41) is 8.17. The van der Waals surface area contributed by atoms with Crippen molar-refractivity contribution in [3.05, 3.63) is 144 Å². The fraction of sp³-hybridized carbons (Fsp3) is 0. The van der Waals surface area contributed by atoms with E-state index in [9.17, 15) is 14.0 Å². The van der Waals surface area contributed by atoms with Gasteiger partial charge in [-0.15, -0.1) is 0 Å². The Morgan fingerprint density at radius 1 is 0.825 bits per heavy atom. The largest absolute Gasteiger partial charge is 0.450 e. The van der Waals surface area contributed by atoms with E-state index in [1.54, 1.807) is 35.0 Å². The molecular weight excluding hydrogens is 505 g/mol. The van der Waals surface area contributed by atoms with Gasteiger partial charge in [-0.3, -0.25) is 9.59 Å². The third-order valence-corrected chi connectivity index (χ3v) is 6.38. The van der Waals surface area contributed by atoms with Crippen molar-refractivity contribution in [3.63, 3.8) is 0 Å². The maximum absolute atomic E-state index is 13.4. The highest BCUT2D eigenvalue weighted by Crippen LogP contribution is 2.33. The molecule has 0 aliphatic rings. The zero-order valence-corrected chi connectivity index (χ0v) is 21.1. The van der Waals surface area contributed by atoms with Gasteiger partial charge in [-0.2, -0.15) is 5.10 Å². The lowest BCUT2D eigenvalue weighted by molar-refractivity contribution is -0.111. The first-order chi connectivity index (χ1) is 19.6. The Bertz CT molecular complexity index is 1850. The van der Waals surface area contributed by atoms with Gasteiger partial charge in [0.2, 0.25) is 11.7 Å². The molecular formula is C33H22FN3O3. The number of nitrogens with zero attached hydrogens (tertiary/aromatic N) is 2. The third kappa shape index (κ3) is 4.96. The fourth-order valence-electron chi connectivity index (χ4n) is 4.43. The highest BCUT2D eigenvalue weighted by Gasteiger charge is 2.23. The Kier molecular flexibility index (Phi) is 6.60. The van der Waals surface area contributed by atoms with Crippen LogP contribution in [0.3, 0.4) is 0 Å². The maximum atomic E-state index is 13.4. The number of nitrogens with one attached hydrogen (secondary N) is 1. The van der Waals surface area contributed by atoms with Crippen LogP contribution in [-0.4, -0.2) is 21.5 Å². The van der Waals surface area contributed by atoms with Crippen LogP contribution in [0.25, 0.3) is 34.0 Å². The number of para-hydroxylation sites is 2. The minimum atomic E-state index is -0.467. The van der Waals surface area contributed by atoms with Gasteiger partial charge >= 0.3 is 0 Å².